The normalized spacial score (nSPS) is 12.9. The highest BCUT2D eigenvalue weighted by Gasteiger charge is 2.32. The monoisotopic (exact) mass is 456 g/mol. The molecule has 34 heavy (non-hydrogen) atoms. The summed E-state index contributed by atoms with van der Waals surface area (Å²) in [7, 11) is 2.88. The van der Waals surface area contributed by atoms with Crippen LogP contribution in [-0.4, -0.2) is 31.9 Å². The summed E-state index contributed by atoms with van der Waals surface area (Å²) in [6, 6.07) is 26.3. The lowest BCUT2D eigenvalue weighted by atomic mass is 9.98. The average Bonchev–Trinajstić information content (AvgIpc) is 2.90. The third-order valence-corrected chi connectivity index (χ3v) is 5.52. The van der Waals surface area contributed by atoms with Crippen molar-refractivity contribution in [3.05, 3.63) is 108 Å². The second-order valence-electron chi connectivity index (χ2n) is 7.80. The maximum Gasteiger partial charge on any atom is 0.333 e. The van der Waals surface area contributed by atoms with Gasteiger partial charge in [0.25, 0.3) is 0 Å². The highest BCUT2D eigenvalue weighted by atomic mass is 16.5. The molecule has 0 heterocycles. The number of rotatable bonds is 8. The molecule has 0 aromatic heterocycles. The summed E-state index contributed by atoms with van der Waals surface area (Å²) >= 11 is 0. The van der Waals surface area contributed by atoms with E-state index in [0.29, 0.717) is 11.3 Å². The van der Waals surface area contributed by atoms with Crippen molar-refractivity contribution in [2.75, 3.05) is 19.1 Å². The van der Waals surface area contributed by atoms with Gasteiger partial charge in [0, 0.05) is 12.7 Å². The van der Waals surface area contributed by atoms with Crippen LogP contribution in [0.25, 0.3) is 5.57 Å². The highest BCUT2D eigenvalue weighted by Crippen LogP contribution is 2.22. The van der Waals surface area contributed by atoms with Gasteiger partial charge in [-0.1, -0.05) is 84.9 Å². The molecular weight excluding hydrogens is 428 g/mol. The van der Waals surface area contributed by atoms with Gasteiger partial charge in [0.2, 0.25) is 11.8 Å². The van der Waals surface area contributed by atoms with Crippen molar-refractivity contribution in [1.82, 2.24) is 5.32 Å². The van der Waals surface area contributed by atoms with Crippen LogP contribution in [0.3, 0.4) is 0 Å². The lowest BCUT2D eigenvalue weighted by molar-refractivity contribution is -0.146. The molecule has 0 fully saturated rings. The lowest BCUT2D eigenvalue weighted by Crippen LogP contribution is -2.44. The van der Waals surface area contributed by atoms with Crippen molar-refractivity contribution in [1.29, 1.82) is 0 Å². The maximum absolute atomic E-state index is 13.5. The van der Waals surface area contributed by atoms with E-state index in [2.05, 4.69) is 5.32 Å². The minimum absolute atomic E-state index is 0.421. The number of hydrogen-bond donors (Lipinski definition) is 1. The zero-order valence-corrected chi connectivity index (χ0v) is 19.5. The SMILES string of the molecule is COC(=O)[C@@H](NC(=O)C(/C=C(\C)c1ccccc1)C(=O)N(C)c1ccccc1)c1ccccc1. The number of anilines is 1. The largest absolute Gasteiger partial charge is 0.467 e. The van der Waals surface area contributed by atoms with Crippen molar-refractivity contribution in [3.63, 3.8) is 0 Å². The molecule has 6 nitrogen and oxygen atoms in total. The molecular formula is C28H28N2O4. The summed E-state index contributed by atoms with van der Waals surface area (Å²) in [6.07, 6.45) is 1.63. The van der Waals surface area contributed by atoms with Gasteiger partial charge in [0.15, 0.2) is 6.04 Å². The van der Waals surface area contributed by atoms with Crippen LogP contribution in [0.15, 0.2) is 97.1 Å². The van der Waals surface area contributed by atoms with Crippen molar-refractivity contribution < 1.29 is 19.1 Å². The van der Waals surface area contributed by atoms with Gasteiger partial charge in [-0.25, -0.2) is 4.79 Å². The lowest BCUT2D eigenvalue weighted by Gasteiger charge is -2.24. The van der Waals surface area contributed by atoms with Gasteiger partial charge >= 0.3 is 5.97 Å². The molecule has 3 aromatic rings. The Labute approximate surface area is 199 Å². The average molecular weight is 457 g/mol. The van der Waals surface area contributed by atoms with Gasteiger partial charge in [0.05, 0.1) is 7.11 Å². The number of hydrogen-bond acceptors (Lipinski definition) is 4. The Kier molecular flexibility index (Phi) is 8.35. The number of carbonyl (C=O) groups is 3. The molecule has 2 amide bonds. The zero-order chi connectivity index (χ0) is 24.5. The molecule has 1 N–H and O–H groups in total. The van der Waals surface area contributed by atoms with Gasteiger partial charge in [-0.3, -0.25) is 9.59 Å². The Morgan fingerprint density at radius 2 is 1.38 bits per heavy atom. The Hall–Kier alpha value is -4.19. The summed E-state index contributed by atoms with van der Waals surface area (Å²) in [5.74, 6) is -2.80. The summed E-state index contributed by atoms with van der Waals surface area (Å²) in [5.41, 5.74) is 2.88. The smallest absolute Gasteiger partial charge is 0.333 e. The highest BCUT2D eigenvalue weighted by molar-refractivity contribution is 6.10. The molecule has 0 spiro atoms. The molecule has 0 saturated carbocycles. The molecule has 0 aliphatic rings. The van der Waals surface area contributed by atoms with E-state index in [1.165, 1.54) is 12.0 Å². The quantitative estimate of drug-likeness (QED) is 0.403. The first-order valence-electron chi connectivity index (χ1n) is 10.9. The van der Waals surface area contributed by atoms with Crippen molar-refractivity contribution in [3.8, 4) is 0 Å². The zero-order valence-electron chi connectivity index (χ0n) is 19.5. The van der Waals surface area contributed by atoms with E-state index in [0.717, 1.165) is 11.1 Å². The van der Waals surface area contributed by atoms with Crippen LogP contribution in [-0.2, 0) is 19.1 Å². The number of nitrogens with one attached hydrogen (secondary N) is 1. The maximum atomic E-state index is 13.5. The van der Waals surface area contributed by atoms with Gasteiger partial charge in [-0.05, 0) is 35.8 Å². The molecule has 0 aliphatic heterocycles. The molecule has 0 saturated heterocycles. The van der Waals surface area contributed by atoms with Gasteiger partial charge in [0.1, 0.15) is 5.92 Å². The van der Waals surface area contributed by atoms with Crippen LogP contribution in [0.4, 0.5) is 5.69 Å². The first-order valence-corrected chi connectivity index (χ1v) is 10.9. The number of methoxy groups -OCH3 is 1. The predicted molar refractivity (Wildman–Crippen MR) is 133 cm³/mol. The predicted octanol–water partition coefficient (Wildman–Crippen LogP) is 4.40. The number of carbonyl (C=O) groups excluding carboxylic acids is 3. The molecule has 6 heteroatoms. The third kappa shape index (κ3) is 5.98. The Morgan fingerprint density at radius 1 is 0.853 bits per heavy atom. The fraction of sp³-hybridized carbons (Fsp3) is 0.179. The van der Waals surface area contributed by atoms with E-state index < -0.39 is 29.7 Å². The number of para-hydroxylation sites is 1. The molecule has 0 bridgehead atoms. The summed E-state index contributed by atoms with van der Waals surface area (Å²) in [6.45, 7) is 1.85. The number of esters is 1. The molecule has 3 rings (SSSR count). The van der Waals surface area contributed by atoms with Gasteiger partial charge < -0.3 is 15.0 Å². The van der Waals surface area contributed by atoms with Crippen molar-refractivity contribution >= 4 is 29.0 Å². The second-order valence-corrected chi connectivity index (χ2v) is 7.80. The molecule has 3 aromatic carbocycles. The van der Waals surface area contributed by atoms with E-state index in [9.17, 15) is 14.4 Å². The van der Waals surface area contributed by atoms with Crippen LogP contribution in [0.1, 0.15) is 24.1 Å². The minimum atomic E-state index is -1.17. The minimum Gasteiger partial charge on any atom is -0.467 e. The molecule has 2 atom stereocenters. The Bertz CT molecular complexity index is 1140. The number of ether oxygens (including phenoxy) is 1. The van der Waals surface area contributed by atoms with Crippen molar-refractivity contribution in [2.24, 2.45) is 5.92 Å². The number of amides is 2. The van der Waals surface area contributed by atoms with E-state index in [1.807, 2.05) is 61.5 Å². The number of nitrogens with zero attached hydrogens (tertiary/aromatic N) is 1. The summed E-state index contributed by atoms with van der Waals surface area (Å²) in [5, 5.41) is 2.72. The van der Waals surface area contributed by atoms with Crippen LogP contribution in [0.2, 0.25) is 0 Å². The van der Waals surface area contributed by atoms with E-state index in [-0.39, 0.29) is 0 Å². The van der Waals surface area contributed by atoms with Crippen LogP contribution >= 0.6 is 0 Å². The first kappa shape index (κ1) is 24.5. The topological polar surface area (TPSA) is 75.7 Å². The van der Waals surface area contributed by atoms with E-state index in [4.69, 9.17) is 4.74 Å². The van der Waals surface area contributed by atoms with Crippen molar-refractivity contribution in [2.45, 2.75) is 13.0 Å². The van der Waals surface area contributed by atoms with Crippen LogP contribution in [0, 0.1) is 5.92 Å². The Balaban J connectivity index is 1.97. The third-order valence-electron chi connectivity index (χ3n) is 5.52. The fourth-order valence-corrected chi connectivity index (χ4v) is 3.57. The van der Waals surface area contributed by atoms with Gasteiger partial charge in [-0.2, -0.15) is 0 Å². The van der Waals surface area contributed by atoms with Crippen LogP contribution < -0.4 is 10.2 Å². The number of allylic oxidation sites excluding steroid dienone is 1. The molecule has 0 aliphatic carbocycles. The summed E-state index contributed by atoms with van der Waals surface area (Å²) < 4.78 is 4.91. The first-order chi connectivity index (χ1) is 16.4. The van der Waals surface area contributed by atoms with E-state index in [1.54, 1.807) is 49.5 Å². The number of benzene rings is 3. The van der Waals surface area contributed by atoms with Crippen LogP contribution in [0.5, 0.6) is 0 Å². The van der Waals surface area contributed by atoms with Gasteiger partial charge in [-0.15, -0.1) is 0 Å². The fourth-order valence-electron chi connectivity index (χ4n) is 3.57. The van der Waals surface area contributed by atoms with E-state index >= 15 is 0 Å². The summed E-state index contributed by atoms with van der Waals surface area (Å²) in [4.78, 5) is 40.9. The molecule has 0 radical (unpaired) electrons. The molecule has 174 valence electrons. The standard InChI is InChI=1S/C28H28N2O4/c1-20(21-13-7-4-8-14-21)19-24(27(32)30(2)23-17-11-6-12-18-23)26(31)29-25(28(33)34-3)22-15-9-5-10-16-22/h4-19,24-25H,1-3H3,(H,29,31)/b20-19+/t24?,25-/m0/s1. The Morgan fingerprint density at radius 3 is 1.94 bits per heavy atom. The molecule has 1 unspecified atom stereocenters. The second kappa shape index (κ2) is 11.6.